The Bertz CT molecular complexity index is 328. The highest BCUT2D eigenvalue weighted by Gasteiger charge is 2.22. The van der Waals surface area contributed by atoms with E-state index in [0.29, 0.717) is 11.8 Å². The van der Waals surface area contributed by atoms with Gasteiger partial charge in [0, 0.05) is 25.4 Å². The first-order valence-electron chi connectivity index (χ1n) is 5.66. The van der Waals surface area contributed by atoms with E-state index in [0.717, 1.165) is 31.8 Å². The van der Waals surface area contributed by atoms with Gasteiger partial charge in [0.25, 0.3) is 0 Å². The first-order valence-corrected chi connectivity index (χ1v) is 5.66. The first-order chi connectivity index (χ1) is 7.83. The van der Waals surface area contributed by atoms with E-state index in [1.54, 1.807) is 17.7 Å². The van der Waals surface area contributed by atoms with Crippen LogP contribution in [0.25, 0.3) is 0 Å². The van der Waals surface area contributed by atoms with Gasteiger partial charge in [0.2, 0.25) is 0 Å². The summed E-state index contributed by atoms with van der Waals surface area (Å²) in [5.74, 6) is 0. The summed E-state index contributed by atoms with van der Waals surface area (Å²) in [7, 11) is 0. The Morgan fingerprint density at radius 1 is 1.44 bits per heavy atom. The van der Waals surface area contributed by atoms with Crippen LogP contribution < -0.4 is 10.4 Å². The second-order valence-corrected chi connectivity index (χ2v) is 3.95. The second kappa shape index (κ2) is 5.16. The molecule has 0 bridgehead atoms. The first kappa shape index (κ1) is 11.2. The zero-order valence-electron chi connectivity index (χ0n) is 9.45. The van der Waals surface area contributed by atoms with Crippen LogP contribution in [0.5, 0.6) is 0 Å². The van der Waals surface area contributed by atoms with Gasteiger partial charge in [-0.25, -0.2) is 5.54 Å². The number of ether oxygens (including phenoxy) is 1. The number of halogens is 1. The van der Waals surface area contributed by atoms with Crippen molar-refractivity contribution in [3.8, 4) is 0 Å². The number of nitrogens with one attached hydrogen (secondary N) is 1. The van der Waals surface area contributed by atoms with Crippen LogP contribution in [0.1, 0.15) is 13.3 Å². The smallest absolute Gasteiger partial charge is 0.0766 e. The molecule has 16 heavy (non-hydrogen) atoms. The van der Waals surface area contributed by atoms with Gasteiger partial charge in [0.15, 0.2) is 0 Å². The number of hydrogen-bond acceptors (Lipinski definition) is 3. The molecule has 3 nitrogen and oxygen atoms in total. The maximum Gasteiger partial charge on any atom is 0.0766 e. The van der Waals surface area contributed by atoms with Crippen molar-refractivity contribution in [2.24, 2.45) is 0 Å². The average Bonchev–Trinajstić information content (AvgIpc) is 2.78. The minimum absolute atomic E-state index is 0.337. The Morgan fingerprint density at radius 2 is 2.19 bits per heavy atom. The maximum absolute atomic E-state index is 12.1. The SMILES string of the molecule is CCOC1CCN(c2ccc(NF)cc2)C1. The Balaban J connectivity index is 1.97. The van der Waals surface area contributed by atoms with Gasteiger partial charge in [0.1, 0.15) is 0 Å². The van der Waals surface area contributed by atoms with E-state index in [1.807, 2.05) is 19.1 Å². The lowest BCUT2D eigenvalue weighted by atomic mass is 10.2. The molecule has 0 amide bonds. The molecule has 1 unspecified atom stereocenters. The lowest BCUT2D eigenvalue weighted by molar-refractivity contribution is 0.0787. The van der Waals surface area contributed by atoms with Crippen molar-refractivity contribution in [3.63, 3.8) is 0 Å². The topological polar surface area (TPSA) is 24.5 Å². The summed E-state index contributed by atoms with van der Waals surface area (Å²) in [6.07, 6.45) is 1.40. The van der Waals surface area contributed by atoms with Crippen molar-refractivity contribution in [2.45, 2.75) is 19.4 Å². The predicted molar refractivity (Wildman–Crippen MR) is 63.4 cm³/mol. The molecule has 0 spiro atoms. The van der Waals surface area contributed by atoms with Gasteiger partial charge in [-0.05, 0) is 37.6 Å². The van der Waals surface area contributed by atoms with Gasteiger partial charge in [0.05, 0.1) is 11.8 Å². The third kappa shape index (κ3) is 2.44. The van der Waals surface area contributed by atoms with Gasteiger partial charge in [-0.1, -0.05) is 0 Å². The molecular formula is C12H17FN2O. The Labute approximate surface area is 95.1 Å². The summed E-state index contributed by atoms with van der Waals surface area (Å²) in [6.45, 7) is 4.72. The molecule has 1 aliphatic rings. The van der Waals surface area contributed by atoms with E-state index >= 15 is 0 Å². The van der Waals surface area contributed by atoms with Crippen LogP contribution in [0.3, 0.4) is 0 Å². The number of nitrogens with zero attached hydrogens (tertiary/aromatic N) is 1. The molecule has 0 aromatic heterocycles. The minimum Gasteiger partial charge on any atom is -0.377 e. The quantitative estimate of drug-likeness (QED) is 0.796. The van der Waals surface area contributed by atoms with E-state index in [4.69, 9.17) is 4.74 Å². The van der Waals surface area contributed by atoms with Crippen LogP contribution in [0.2, 0.25) is 0 Å². The van der Waals surface area contributed by atoms with Gasteiger partial charge in [-0.15, -0.1) is 4.48 Å². The number of rotatable bonds is 4. The molecule has 1 aromatic carbocycles. The zero-order valence-corrected chi connectivity index (χ0v) is 9.45. The molecule has 0 saturated carbocycles. The molecule has 4 heteroatoms. The highest BCUT2D eigenvalue weighted by atomic mass is 19.2. The fourth-order valence-electron chi connectivity index (χ4n) is 2.07. The van der Waals surface area contributed by atoms with E-state index < -0.39 is 0 Å². The fourth-order valence-corrected chi connectivity index (χ4v) is 2.07. The third-order valence-electron chi connectivity index (χ3n) is 2.89. The second-order valence-electron chi connectivity index (χ2n) is 3.95. The maximum atomic E-state index is 12.1. The molecular weight excluding hydrogens is 207 g/mol. The fraction of sp³-hybridized carbons (Fsp3) is 0.500. The highest BCUT2D eigenvalue weighted by Crippen LogP contribution is 2.23. The van der Waals surface area contributed by atoms with E-state index in [2.05, 4.69) is 4.90 Å². The molecule has 0 radical (unpaired) electrons. The van der Waals surface area contributed by atoms with Crippen LogP contribution in [0, 0.1) is 0 Å². The van der Waals surface area contributed by atoms with Gasteiger partial charge >= 0.3 is 0 Å². The number of hydrogen-bond donors (Lipinski definition) is 1. The van der Waals surface area contributed by atoms with Crippen molar-refractivity contribution >= 4 is 11.4 Å². The average molecular weight is 224 g/mol. The van der Waals surface area contributed by atoms with Crippen molar-refractivity contribution in [1.82, 2.24) is 0 Å². The minimum atomic E-state index is 0.337. The molecule has 1 aromatic rings. The number of anilines is 2. The van der Waals surface area contributed by atoms with Crippen molar-refractivity contribution in [1.29, 1.82) is 0 Å². The lowest BCUT2D eigenvalue weighted by Gasteiger charge is -2.18. The van der Waals surface area contributed by atoms with Crippen molar-refractivity contribution in [3.05, 3.63) is 24.3 Å². The molecule has 1 fully saturated rings. The Kier molecular flexibility index (Phi) is 3.62. The van der Waals surface area contributed by atoms with Crippen molar-refractivity contribution in [2.75, 3.05) is 30.1 Å². The molecule has 1 N–H and O–H groups in total. The highest BCUT2D eigenvalue weighted by molar-refractivity contribution is 5.54. The molecule has 0 aliphatic carbocycles. The molecule has 1 heterocycles. The molecule has 1 aliphatic heterocycles. The van der Waals surface area contributed by atoms with Crippen LogP contribution in [0.15, 0.2) is 24.3 Å². The summed E-state index contributed by atoms with van der Waals surface area (Å²) in [5, 5.41) is 0. The third-order valence-corrected chi connectivity index (χ3v) is 2.89. The molecule has 1 atom stereocenters. The van der Waals surface area contributed by atoms with Gasteiger partial charge in [-0.2, -0.15) is 0 Å². The molecule has 88 valence electrons. The predicted octanol–water partition coefficient (Wildman–Crippen LogP) is 2.60. The zero-order chi connectivity index (χ0) is 11.4. The van der Waals surface area contributed by atoms with Crippen LogP contribution in [-0.2, 0) is 4.74 Å². The Hall–Kier alpha value is -1.29. The van der Waals surface area contributed by atoms with Crippen molar-refractivity contribution < 1.29 is 9.22 Å². The van der Waals surface area contributed by atoms with E-state index in [1.165, 1.54) is 0 Å². The normalized spacial score (nSPS) is 20.1. The summed E-state index contributed by atoms with van der Waals surface area (Å²) in [6, 6.07) is 7.33. The lowest BCUT2D eigenvalue weighted by Crippen LogP contribution is -2.22. The van der Waals surface area contributed by atoms with Crippen LogP contribution in [-0.4, -0.2) is 25.8 Å². The van der Waals surface area contributed by atoms with Gasteiger partial charge < -0.3 is 9.64 Å². The Morgan fingerprint density at radius 3 is 2.81 bits per heavy atom. The summed E-state index contributed by atoms with van der Waals surface area (Å²) in [5.41, 5.74) is 3.25. The monoisotopic (exact) mass is 224 g/mol. The van der Waals surface area contributed by atoms with Gasteiger partial charge in [-0.3, -0.25) is 0 Å². The summed E-state index contributed by atoms with van der Waals surface area (Å²) in [4.78, 5) is 2.27. The molecule has 2 rings (SSSR count). The summed E-state index contributed by atoms with van der Waals surface area (Å²) < 4.78 is 17.7. The standard InChI is InChI=1S/C12H17FN2O/c1-2-16-12-7-8-15(9-12)11-5-3-10(14-13)4-6-11/h3-6,12,14H,2,7-9H2,1H3. The van der Waals surface area contributed by atoms with Crippen LogP contribution in [0.4, 0.5) is 15.9 Å². The number of benzene rings is 1. The largest absolute Gasteiger partial charge is 0.377 e. The molecule has 1 saturated heterocycles. The summed E-state index contributed by atoms with van der Waals surface area (Å²) >= 11 is 0. The van der Waals surface area contributed by atoms with E-state index in [-0.39, 0.29) is 0 Å². The van der Waals surface area contributed by atoms with E-state index in [9.17, 15) is 4.48 Å². The van der Waals surface area contributed by atoms with Crippen LogP contribution >= 0.6 is 0 Å².